The quantitative estimate of drug-likeness (QED) is 0.496. The molecule has 1 saturated carbocycles. The summed E-state index contributed by atoms with van der Waals surface area (Å²) in [4.78, 5) is 12.8. The van der Waals surface area contributed by atoms with Gasteiger partial charge in [-0.05, 0) is 60.6 Å². The van der Waals surface area contributed by atoms with Crippen LogP contribution in [0.3, 0.4) is 0 Å². The van der Waals surface area contributed by atoms with Crippen LogP contribution < -0.4 is 14.8 Å². The van der Waals surface area contributed by atoms with E-state index in [2.05, 4.69) is 27.2 Å². The van der Waals surface area contributed by atoms with Crippen molar-refractivity contribution in [3.05, 3.63) is 58.1 Å². The van der Waals surface area contributed by atoms with Crippen molar-refractivity contribution in [1.29, 1.82) is 0 Å². The third-order valence-electron chi connectivity index (χ3n) is 4.86. The second-order valence-corrected chi connectivity index (χ2v) is 8.14. The van der Waals surface area contributed by atoms with Crippen molar-refractivity contribution in [2.75, 3.05) is 26.9 Å². The number of hydrogen-bond acceptors (Lipinski definition) is 4. The minimum absolute atomic E-state index is 0.126. The Morgan fingerprint density at radius 1 is 1.23 bits per heavy atom. The lowest BCUT2D eigenvalue weighted by Gasteiger charge is -2.18. The third kappa shape index (κ3) is 6.51. The fourth-order valence-corrected chi connectivity index (χ4v) is 3.27. The first-order chi connectivity index (χ1) is 14.6. The van der Waals surface area contributed by atoms with E-state index < -0.39 is 6.10 Å². The van der Waals surface area contributed by atoms with Gasteiger partial charge in [-0.1, -0.05) is 40.0 Å². The van der Waals surface area contributed by atoms with Crippen molar-refractivity contribution in [2.24, 2.45) is 5.92 Å². The molecule has 0 bridgehead atoms. The van der Waals surface area contributed by atoms with Gasteiger partial charge in [0.15, 0.2) is 17.6 Å². The maximum Gasteiger partial charge on any atom is 0.253 e. The maximum atomic E-state index is 12.8. The predicted molar refractivity (Wildman–Crippen MR) is 120 cm³/mol. The lowest BCUT2D eigenvalue weighted by molar-refractivity contribution is -0.133. The molecular weight excluding hydrogens is 446 g/mol. The van der Waals surface area contributed by atoms with E-state index in [4.69, 9.17) is 20.6 Å². The second kappa shape index (κ2) is 11.1. The largest absolute Gasteiger partial charge is 0.493 e. The van der Waals surface area contributed by atoms with Crippen LogP contribution in [0.5, 0.6) is 11.5 Å². The van der Waals surface area contributed by atoms with Gasteiger partial charge in [-0.2, -0.15) is 0 Å². The Morgan fingerprint density at radius 3 is 2.67 bits per heavy atom. The van der Waals surface area contributed by atoms with Crippen molar-refractivity contribution in [2.45, 2.75) is 25.4 Å². The molecule has 1 fully saturated rings. The number of ether oxygens (including phenoxy) is 3. The van der Waals surface area contributed by atoms with Gasteiger partial charge in [0.2, 0.25) is 0 Å². The molecule has 6 heteroatoms. The summed E-state index contributed by atoms with van der Waals surface area (Å²) >= 11 is 3.43. The molecular formula is C24H26BrNO4. The summed E-state index contributed by atoms with van der Waals surface area (Å²) in [5.41, 5.74) is 1.88. The number of rotatable bonds is 11. The number of carbonyl (C=O) groups excluding carboxylic acids is 1. The topological polar surface area (TPSA) is 56.8 Å². The van der Waals surface area contributed by atoms with Crippen LogP contribution in [0, 0.1) is 18.3 Å². The standard InChI is InChI=1S/C24H26BrNO4/c1-3-14-29-21-11-6-17(15-22(21)28-2)12-13-26-24(27)23(30-16-18-4-5-18)19-7-9-20(25)10-8-19/h1,6-11,15,18,23H,4-5,12-14,16H2,2H3,(H,26,27)/t23-/m0/s1. The van der Waals surface area contributed by atoms with E-state index in [-0.39, 0.29) is 12.5 Å². The lowest BCUT2D eigenvalue weighted by Crippen LogP contribution is -2.32. The van der Waals surface area contributed by atoms with Gasteiger partial charge in [0.05, 0.1) is 13.7 Å². The molecule has 0 aromatic heterocycles. The van der Waals surface area contributed by atoms with Crippen molar-refractivity contribution in [1.82, 2.24) is 5.32 Å². The first kappa shape index (κ1) is 22.2. The SMILES string of the molecule is C#CCOc1ccc(CCNC(=O)[C@@H](OCC2CC2)c2ccc(Br)cc2)cc1OC. The molecule has 3 rings (SSSR count). The first-order valence-electron chi connectivity index (χ1n) is 9.98. The highest BCUT2D eigenvalue weighted by molar-refractivity contribution is 9.10. The van der Waals surface area contributed by atoms with Crippen LogP contribution in [0.15, 0.2) is 46.9 Å². The number of hydrogen-bond donors (Lipinski definition) is 1. The number of halogens is 1. The molecule has 0 saturated heterocycles. The highest BCUT2D eigenvalue weighted by atomic mass is 79.9. The summed E-state index contributed by atoms with van der Waals surface area (Å²) in [5, 5.41) is 3.00. The fourth-order valence-electron chi connectivity index (χ4n) is 3.01. The molecule has 2 aromatic carbocycles. The molecule has 1 aliphatic carbocycles. The molecule has 1 atom stereocenters. The van der Waals surface area contributed by atoms with Gasteiger partial charge in [0.1, 0.15) is 6.61 Å². The average molecular weight is 472 g/mol. The maximum absolute atomic E-state index is 12.8. The molecule has 0 radical (unpaired) electrons. The number of methoxy groups -OCH3 is 1. The number of amides is 1. The molecule has 2 aromatic rings. The number of nitrogens with one attached hydrogen (secondary N) is 1. The van der Waals surface area contributed by atoms with E-state index in [1.54, 1.807) is 7.11 Å². The normalized spacial score (nSPS) is 13.9. The lowest BCUT2D eigenvalue weighted by atomic mass is 10.1. The van der Waals surface area contributed by atoms with Gasteiger partial charge in [0.25, 0.3) is 5.91 Å². The molecule has 1 aliphatic rings. The van der Waals surface area contributed by atoms with Crippen LogP contribution in [-0.4, -0.2) is 32.8 Å². The molecule has 0 heterocycles. The van der Waals surface area contributed by atoms with Crippen molar-refractivity contribution >= 4 is 21.8 Å². The van der Waals surface area contributed by atoms with E-state index >= 15 is 0 Å². The molecule has 1 amide bonds. The van der Waals surface area contributed by atoms with Crippen molar-refractivity contribution in [3.63, 3.8) is 0 Å². The minimum Gasteiger partial charge on any atom is -0.493 e. The van der Waals surface area contributed by atoms with Crippen molar-refractivity contribution < 1.29 is 19.0 Å². The van der Waals surface area contributed by atoms with E-state index in [0.29, 0.717) is 37.0 Å². The fraction of sp³-hybridized carbons (Fsp3) is 0.375. The summed E-state index contributed by atoms with van der Waals surface area (Å²) in [6, 6.07) is 13.3. The Bertz CT molecular complexity index is 887. The molecule has 1 N–H and O–H groups in total. The van der Waals surface area contributed by atoms with Gasteiger partial charge < -0.3 is 19.5 Å². The summed E-state index contributed by atoms with van der Waals surface area (Å²) in [5.74, 6) is 4.12. The number of terminal acetylenes is 1. The highest BCUT2D eigenvalue weighted by Crippen LogP contribution is 2.31. The Labute approximate surface area is 186 Å². The number of carbonyl (C=O) groups is 1. The monoisotopic (exact) mass is 471 g/mol. The zero-order chi connectivity index (χ0) is 21.3. The summed E-state index contributed by atoms with van der Waals surface area (Å²) in [7, 11) is 1.59. The summed E-state index contributed by atoms with van der Waals surface area (Å²) in [6.07, 6.45) is 7.65. The Morgan fingerprint density at radius 2 is 2.00 bits per heavy atom. The Kier molecular flexibility index (Phi) is 8.18. The van der Waals surface area contributed by atoms with Gasteiger partial charge >= 0.3 is 0 Å². The number of benzene rings is 2. The zero-order valence-electron chi connectivity index (χ0n) is 17.0. The summed E-state index contributed by atoms with van der Waals surface area (Å²) in [6.45, 7) is 1.29. The van der Waals surface area contributed by atoms with Crippen molar-refractivity contribution in [3.8, 4) is 23.8 Å². The van der Waals surface area contributed by atoms with Crippen LogP contribution in [-0.2, 0) is 16.0 Å². The average Bonchev–Trinajstić information content (AvgIpc) is 3.58. The second-order valence-electron chi connectivity index (χ2n) is 7.23. The van der Waals surface area contributed by atoms with Crippen LogP contribution >= 0.6 is 15.9 Å². The van der Waals surface area contributed by atoms with Crippen LogP contribution in [0.25, 0.3) is 0 Å². The Hall–Kier alpha value is -2.49. The van der Waals surface area contributed by atoms with Crippen LogP contribution in [0.4, 0.5) is 0 Å². The summed E-state index contributed by atoms with van der Waals surface area (Å²) < 4.78 is 17.8. The van der Waals surface area contributed by atoms with E-state index in [1.807, 2.05) is 42.5 Å². The van der Waals surface area contributed by atoms with E-state index in [1.165, 1.54) is 12.8 Å². The molecule has 0 spiro atoms. The first-order valence-corrected chi connectivity index (χ1v) is 10.8. The van der Waals surface area contributed by atoms with Crippen LogP contribution in [0.2, 0.25) is 0 Å². The van der Waals surface area contributed by atoms with E-state index in [0.717, 1.165) is 15.6 Å². The van der Waals surface area contributed by atoms with E-state index in [9.17, 15) is 4.79 Å². The molecule has 30 heavy (non-hydrogen) atoms. The predicted octanol–water partition coefficient (Wildman–Crippen LogP) is 4.30. The van der Waals surface area contributed by atoms with Crippen LogP contribution in [0.1, 0.15) is 30.1 Å². The minimum atomic E-state index is -0.604. The molecule has 5 nitrogen and oxygen atoms in total. The van der Waals surface area contributed by atoms with Gasteiger partial charge in [-0.15, -0.1) is 6.42 Å². The van der Waals surface area contributed by atoms with Gasteiger partial charge in [-0.3, -0.25) is 4.79 Å². The smallest absolute Gasteiger partial charge is 0.253 e. The van der Waals surface area contributed by atoms with Gasteiger partial charge in [0, 0.05) is 11.0 Å². The molecule has 0 aliphatic heterocycles. The molecule has 158 valence electrons. The Balaban J connectivity index is 1.58. The molecule has 0 unspecified atom stereocenters. The third-order valence-corrected chi connectivity index (χ3v) is 5.39. The highest BCUT2D eigenvalue weighted by Gasteiger charge is 2.27. The van der Waals surface area contributed by atoms with Gasteiger partial charge in [-0.25, -0.2) is 0 Å². The zero-order valence-corrected chi connectivity index (χ0v) is 18.6.